The first kappa shape index (κ1) is 33.7. The molecular formula is C30H48N2O7P+. The zero-order valence-corrected chi connectivity index (χ0v) is 25.8. The lowest BCUT2D eigenvalue weighted by atomic mass is 9.84. The molecule has 9 nitrogen and oxygen atoms in total. The van der Waals surface area contributed by atoms with E-state index < -0.39 is 37.7 Å². The highest BCUT2D eigenvalue weighted by Gasteiger charge is 2.35. The van der Waals surface area contributed by atoms with Crippen molar-refractivity contribution in [2.45, 2.75) is 97.2 Å². The lowest BCUT2D eigenvalue weighted by Gasteiger charge is -2.31. The number of esters is 1. The summed E-state index contributed by atoms with van der Waals surface area (Å²) in [5.74, 6) is -0.858. The summed E-state index contributed by atoms with van der Waals surface area (Å²) in [6.07, 6.45) is 5.32. The molecule has 0 aliphatic heterocycles. The Balaban J connectivity index is 2.14. The summed E-state index contributed by atoms with van der Waals surface area (Å²) in [5, 5.41) is 5.83. The van der Waals surface area contributed by atoms with Crippen LogP contribution in [-0.2, 0) is 34.6 Å². The fourth-order valence-corrected chi connectivity index (χ4v) is 6.09. The van der Waals surface area contributed by atoms with Crippen LogP contribution in [0.25, 0.3) is 0 Å². The highest BCUT2D eigenvalue weighted by Crippen LogP contribution is 2.32. The van der Waals surface area contributed by atoms with Crippen molar-refractivity contribution in [2.24, 2.45) is 17.8 Å². The topological polar surface area (TPSA) is 120 Å². The van der Waals surface area contributed by atoms with Gasteiger partial charge in [0.05, 0.1) is 13.2 Å². The van der Waals surface area contributed by atoms with Crippen molar-refractivity contribution < 1.29 is 32.9 Å². The van der Waals surface area contributed by atoms with Crippen molar-refractivity contribution in [1.29, 1.82) is 0 Å². The maximum absolute atomic E-state index is 13.6. The van der Waals surface area contributed by atoms with E-state index in [0.717, 1.165) is 37.7 Å². The molecule has 224 valence electrons. The van der Waals surface area contributed by atoms with Gasteiger partial charge in [0.15, 0.2) is 6.16 Å². The van der Waals surface area contributed by atoms with Crippen molar-refractivity contribution in [1.82, 2.24) is 10.6 Å². The van der Waals surface area contributed by atoms with E-state index in [9.17, 15) is 18.9 Å². The Hall–Kier alpha value is -2.51. The van der Waals surface area contributed by atoms with E-state index in [0.29, 0.717) is 6.42 Å². The minimum atomic E-state index is -2.14. The Labute approximate surface area is 240 Å². The highest BCUT2D eigenvalue weighted by molar-refractivity contribution is 7.39. The molecule has 0 radical (unpaired) electrons. The summed E-state index contributed by atoms with van der Waals surface area (Å²) >= 11 is 0. The van der Waals surface area contributed by atoms with Gasteiger partial charge in [0.2, 0.25) is 5.91 Å². The molecule has 1 aliphatic carbocycles. The summed E-state index contributed by atoms with van der Waals surface area (Å²) in [4.78, 5) is 38.4. The number of hydrogen-bond donors (Lipinski definition) is 2. The molecule has 1 aromatic carbocycles. The third kappa shape index (κ3) is 12.8. The number of carbonyl (C=O) groups is 3. The van der Waals surface area contributed by atoms with Crippen LogP contribution in [0.3, 0.4) is 0 Å². The molecule has 0 heterocycles. The second kappa shape index (κ2) is 16.7. The molecule has 2 rings (SSSR count). The van der Waals surface area contributed by atoms with Crippen molar-refractivity contribution in [3.8, 4) is 0 Å². The average molecular weight is 580 g/mol. The summed E-state index contributed by atoms with van der Waals surface area (Å²) in [5.41, 5.74) is 0.186. The van der Waals surface area contributed by atoms with Gasteiger partial charge in [-0.3, -0.25) is 9.59 Å². The van der Waals surface area contributed by atoms with E-state index in [4.69, 9.17) is 14.0 Å². The van der Waals surface area contributed by atoms with E-state index in [2.05, 4.69) is 10.6 Å². The van der Waals surface area contributed by atoms with Gasteiger partial charge >= 0.3 is 20.1 Å². The van der Waals surface area contributed by atoms with Gasteiger partial charge in [-0.1, -0.05) is 63.4 Å². The average Bonchev–Trinajstić information content (AvgIpc) is 2.89. The minimum absolute atomic E-state index is 0.0612. The molecule has 0 saturated heterocycles. The summed E-state index contributed by atoms with van der Waals surface area (Å²) < 4.78 is 29.0. The number of methoxy groups -OCH3 is 1. The van der Waals surface area contributed by atoms with Crippen molar-refractivity contribution in [2.75, 3.05) is 19.9 Å². The zero-order chi connectivity index (χ0) is 29.7. The predicted molar refractivity (Wildman–Crippen MR) is 155 cm³/mol. The summed E-state index contributed by atoms with van der Waals surface area (Å²) in [6, 6.07) is 8.21. The minimum Gasteiger partial charge on any atom is -0.469 e. The number of alkyl carbamates (subject to hydrolysis) is 1. The first-order chi connectivity index (χ1) is 18.9. The summed E-state index contributed by atoms with van der Waals surface area (Å²) in [6.45, 7) is 9.35. The SMILES string of the molecule is COC(=O)C(CC(C)C)C[P+](=O)OCC(NC(=O)[C@H](Cc1ccccc1)NC(=O)OC(C)(C)C)C1CCCCC1. The number of carbonyl (C=O) groups excluding carboxylic acids is 3. The third-order valence-electron chi connectivity index (χ3n) is 6.89. The largest absolute Gasteiger partial charge is 0.509 e. The van der Waals surface area contributed by atoms with Crippen LogP contribution in [0.1, 0.15) is 78.7 Å². The molecule has 3 unspecified atom stereocenters. The molecule has 1 aromatic rings. The van der Waals surface area contributed by atoms with E-state index in [1.165, 1.54) is 7.11 Å². The lowest BCUT2D eigenvalue weighted by molar-refractivity contribution is -0.145. The monoisotopic (exact) mass is 579 g/mol. The normalized spacial score (nSPS) is 16.9. The highest BCUT2D eigenvalue weighted by atomic mass is 31.1. The molecule has 1 saturated carbocycles. The van der Waals surface area contributed by atoms with E-state index in [1.807, 2.05) is 44.2 Å². The Kier molecular flexibility index (Phi) is 14.1. The Morgan fingerprint density at radius 2 is 1.68 bits per heavy atom. The van der Waals surface area contributed by atoms with Gasteiger partial charge in [-0.25, -0.2) is 4.79 Å². The Bertz CT molecular complexity index is 959. The van der Waals surface area contributed by atoms with Crippen molar-refractivity contribution >= 4 is 26.0 Å². The standard InChI is InChI=1S/C30H47N2O7P/c1-21(2)17-24(28(34)37-6)20-40(36)38-19-26(23-15-11-8-12-16-23)31-27(33)25(18-22-13-9-7-10-14-22)32-29(35)39-30(3,4)5/h7,9-10,13-14,21,23-26H,8,11-12,15-20H2,1-6H3,(H-,31,32,33,35)/p+1/t24?,25-,26?/m0/s1. The van der Waals surface area contributed by atoms with Crippen molar-refractivity contribution in [3.05, 3.63) is 35.9 Å². The smallest absolute Gasteiger partial charge is 0.469 e. The van der Waals surface area contributed by atoms with Gasteiger partial charge in [0.25, 0.3) is 0 Å². The van der Waals surface area contributed by atoms with Crippen LogP contribution in [-0.4, -0.2) is 55.5 Å². The van der Waals surface area contributed by atoms with Crippen LogP contribution in [0.4, 0.5) is 4.79 Å². The number of amides is 2. The second-order valence-electron chi connectivity index (χ2n) is 12.1. The van der Waals surface area contributed by atoms with Crippen LogP contribution < -0.4 is 10.6 Å². The van der Waals surface area contributed by atoms with E-state index in [-0.39, 0.29) is 43.0 Å². The molecular weight excluding hydrogens is 531 g/mol. The molecule has 40 heavy (non-hydrogen) atoms. The molecule has 2 N–H and O–H groups in total. The van der Waals surface area contributed by atoms with Gasteiger partial charge in [-0.15, -0.1) is 4.52 Å². The van der Waals surface area contributed by atoms with Gasteiger partial charge in [0, 0.05) is 6.42 Å². The molecule has 4 atom stereocenters. The summed E-state index contributed by atoms with van der Waals surface area (Å²) in [7, 11) is -0.815. The quantitative estimate of drug-likeness (QED) is 0.212. The van der Waals surface area contributed by atoms with Gasteiger partial charge in [-0.05, 0) is 62.0 Å². The fraction of sp³-hybridized carbons (Fsp3) is 0.700. The van der Waals surface area contributed by atoms with E-state index >= 15 is 0 Å². The van der Waals surface area contributed by atoms with Crippen LogP contribution in [0.15, 0.2) is 30.3 Å². The number of nitrogens with one attached hydrogen (secondary N) is 2. The lowest BCUT2D eigenvalue weighted by Crippen LogP contribution is -2.54. The maximum atomic E-state index is 13.6. The van der Waals surface area contributed by atoms with Crippen molar-refractivity contribution in [3.63, 3.8) is 0 Å². The predicted octanol–water partition coefficient (Wildman–Crippen LogP) is 5.78. The van der Waals surface area contributed by atoms with Gasteiger partial charge in [-0.2, -0.15) is 0 Å². The number of benzene rings is 1. The Morgan fingerprint density at radius 3 is 2.25 bits per heavy atom. The zero-order valence-electron chi connectivity index (χ0n) is 24.9. The van der Waals surface area contributed by atoms with E-state index in [1.54, 1.807) is 20.8 Å². The third-order valence-corrected chi connectivity index (χ3v) is 8.07. The molecule has 1 fully saturated rings. The first-order valence-electron chi connectivity index (χ1n) is 14.4. The maximum Gasteiger partial charge on any atom is 0.509 e. The second-order valence-corrected chi connectivity index (χ2v) is 13.4. The molecule has 0 spiro atoms. The molecule has 1 aliphatic rings. The van der Waals surface area contributed by atoms with Crippen LogP contribution in [0, 0.1) is 17.8 Å². The number of ether oxygens (including phenoxy) is 2. The first-order valence-corrected chi connectivity index (χ1v) is 15.7. The number of hydrogen-bond acceptors (Lipinski definition) is 7. The van der Waals surface area contributed by atoms with Gasteiger partial charge in [0.1, 0.15) is 24.2 Å². The van der Waals surface area contributed by atoms with Gasteiger partial charge < -0.3 is 20.1 Å². The van der Waals surface area contributed by atoms with Crippen LogP contribution >= 0.6 is 8.03 Å². The molecule has 0 aromatic heterocycles. The fourth-order valence-electron chi connectivity index (χ4n) is 5.00. The Morgan fingerprint density at radius 1 is 1.02 bits per heavy atom. The molecule has 10 heteroatoms. The van der Waals surface area contributed by atoms with Crippen LogP contribution in [0.2, 0.25) is 0 Å². The molecule has 0 bridgehead atoms. The number of rotatable bonds is 14. The molecule has 2 amide bonds. The van der Waals surface area contributed by atoms with Crippen LogP contribution in [0.5, 0.6) is 0 Å².